The van der Waals surface area contributed by atoms with Gasteiger partial charge in [0.2, 0.25) is 0 Å². The summed E-state index contributed by atoms with van der Waals surface area (Å²) >= 11 is 0. The Kier molecular flexibility index (Phi) is 2.16. The lowest BCUT2D eigenvalue weighted by atomic mass is 9.71. The minimum absolute atomic E-state index is 0.741. The molecule has 1 nitrogen and oxygen atoms in total. The summed E-state index contributed by atoms with van der Waals surface area (Å²) in [4.78, 5) is 0. The average molecular weight is 167 g/mol. The highest BCUT2D eigenvalue weighted by Crippen LogP contribution is 2.51. The van der Waals surface area contributed by atoms with Gasteiger partial charge < -0.3 is 5.32 Å². The van der Waals surface area contributed by atoms with Gasteiger partial charge in [0.15, 0.2) is 0 Å². The molecule has 1 N–H and O–H groups in total. The molecule has 0 aromatic carbocycles. The van der Waals surface area contributed by atoms with Gasteiger partial charge >= 0.3 is 0 Å². The van der Waals surface area contributed by atoms with E-state index in [-0.39, 0.29) is 0 Å². The van der Waals surface area contributed by atoms with E-state index in [1.165, 1.54) is 38.8 Å². The largest absolute Gasteiger partial charge is 0.317 e. The van der Waals surface area contributed by atoms with Gasteiger partial charge in [-0.2, -0.15) is 0 Å². The zero-order valence-electron chi connectivity index (χ0n) is 8.40. The third kappa shape index (κ3) is 1.28. The molecule has 1 heterocycles. The van der Waals surface area contributed by atoms with E-state index in [1.807, 2.05) is 0 Å². The predicted molar refractivity (Wildman–Crippen MR) is 52.1 cm³/mol. The molecule has 70 valence electrons. The van der Waals surface area contributed by atoms with Gasteiger partial charge in [0.05, 0.1) is 0 Å². The molecule has 0 aromatic heterocycles. The molecular weight excluding hydrogens is 146 g/mol. The SMILES string of the molecule is CC1CC(C)C2(CCNCC2)C1. The zero-order valence-corrected chi connectivity index (χ0v) is 8.40. The van der Waals surface area contributed by atoms with Crippen molar-refractivity contribution in [1.82, 2.24) is 5.32 Å². The fourth-order valence-electron chi connectivity index (χ4n) is 3.45. The summed E-state index contributed by atoms with van der Waals surface area (Å²) in [6.07, 6.45) is 5.83. The molecule has 1 aliphatic heterocycles. The van der Waals surface area contributed by atoms with Gasteiger partial charge in [0.25, 0.3) is 0 Å². The van der Waals surface area contributed by atoms with Crippen LogP contribution in [0.4, 0.5) is 0 Å². The van der Waals surface area contributed by atoms with Gasteiger partial charge in [-0.3, -0.25) is 0 Å². The van der Waals surface area contributed by atoms with Crippen molar-refractivity contribution in [2.75, 3.05) is 13.1 Å². The van der Waals surface area contributed by atoms with E-state index < -0.39 is 0 Å². The molecular formula is C11H21N. The van der Waals surface area contributed by atoms with E-state index in [0.29, 0.717) is 0 Å². The van der Waals surface area contributed by atoms with Crippen LogP contribution in [0.1, 0.15) is 39.5 Å². The summed E-state index contributed by atoms with van der Waals surface area (Å²) in [5.74, 6) is 1.97. The van der Waals surface area contributed by atoms with Crippen LogP contribution in [0.25, 0.3) is 0 Å². The Hall–Kier alpha value is -0.0400. The Labute approximate surface area is 75.9 Å². The van der Waals surface area contributed by atoms with Crippen molar-refractivity contribution in [3.8, 4) is 0 Å². The molecule has 2 unspecified atom stereocenters. The van der Waals surface area contributed by atoms with Crippen LogP contribution in [0, 0.1) is 17.3 Å². The smallest absolute Gasteiger partial charge is 0.00435 e. The fraction of sp³-hybridized carbons (Fsp3) is 1.00. The summed E-state index contributed by atoms with van der Waals surface area (Å²) in [7, 11) is 0. The molecule has 0 radical (unpaired) electrons. The van der Waals surface area contributed by atoms with Crippen LogP contribution in [0.5, 0.6) is 0 Å². The second kappa shape index (κ2) is 3.02. The van der Waals surface area contributed by atoms with Crippen LogP contribution in [-0.4, -0.2) is 13.1 Å². The molecule has 1 aliphatic carbocycles. The maximum absolute atomic E-state index is 3.47. The van der Waals surface area contributed by atoms with Crippen molar-refractivity contribution < 1.29 is 0 Å². The number of rotatable bonds is 0. The van der Waals surface area contributed by atoms with Gasteiger partial charge in [-0.05, 0) is 56.0 Å². The highest BCUT2D eigenvalue weighted by molar-refractivity contribution is 4.95. The van der Waals surface area contributed by atoms with Crippen LogP contribution in [0.15, 0.2) is 0 Å². The normalized spacial score (nSPS) is 40.5. The number of piperidine rings is 1. The first kappa shape index (κ1) is 8.55. The first-order valence-corrected chi connectivity index (χ1v) is 5.44. The Morgan fingerprint density at radius 3 is 2.33 bits per heavy atom. The topological polar surface area (TPSA) is 12.0 Å². The Morgan fingerprint density at radius 2 is 1.83 bits per heavy atom. The highest BCUT2D eigenvalue weighted by Gasteiger charge is 2.43. The number of nitrogens with one attached hydrogen (secondary N) is 1. The third-order valence-corrected chi connectivity index (χ3v) is 4.16. The van der Waals surface area contributed by atoms with Gasteiger partial charge in [-0.25, -0.2) is 0 Å². The molecule has 12 heavy (non-hydrogen) atoms. The number of hydrogen-bond acceptors (Lipinski definition) is 1. The Balaban J connectivity index is 2.08. The van der Waals surface area contributed by atoms with Crippen LogP contribution in [0.2, 0.25) is 0 Å². The van der Waals surface area contributed by atoms with Crippen molar-refractivity contribution in [1.29, 1.82) is 0 Å². The molecule has 1 saturated carbocycles. The van der Waals surface area contributed by atoms with E-state index in [9.17, 15) is 0 Å². The highest BCUT2D eigenvalue weighted by atomic mass is 14.9. The fourth-order valence-corrected chi connectivity index (χ4v) is 3.45. The van der Waals surface area contributed by atoms with E-state index in [1.54, 1.807) is 0 Å². The van der Waals surface area contributed by atoms with Gasteiger partial charge in [0.1, 0.15) is 0 Å². The Morgan fingerprint density at radius 1 is 1.17 bits per heavy atom. The third-order valence-electron chi connectivity index (χ3n) is 4.16. The molecule has 1 heteroatoms. The quantitative estimate of drug-likeness (QED) is 0.584. The minimum Gasteiger partial charge on any atom is -0.317 e. The molecule has 2 fully saturated rings. The van der Waals surface area contributed by atoms with Gasteiger partial charge in [-0.1, -0.05) is 13.8 Å². The van der Waals surface area contributed by atoms with Crippen LogP contribution in [0.3, 0.4) is 0 Å². The lowest BCUT2D eigenvalue weighted by Gasteiger charge is -2.38. The summed E-state index contributed by atoms with van der Waals surface area (Å²) in [5, 5.41) is 3.47. The average Bonchev–Trinajstić information content (AvgIpc) is 2.29. The molecule has 1 spiro atoms. The summed E-state index contributed by atoms with van der Waals surface area (Å²) in [6, 6.07) is 0. The summed E-state index contributed by atoms with van der Waals surface area (Å²) in [5.41, 5.74) is 0.741. The monoisotopic (exact) mass is 167 g/mol. The van der Waals surface area contributed by atoms with Gasteiger partial charge in [-0.15, -0.1) is 0 Å². The van der Waals surface area contributed by atoms with Crippen molar-refractivity contribution in [2.24, 2.45) is 17.3 Å². The van der Waals surface area contributed by atoms with E-state index >= 15 is 0 Å². The lowest BCUT2D eigenvalue weighted by Crippen LogP contribution is -2.38. The lowest BCUT2D eigenvalue weighted by molar-refractivity contribution is 0.147. The van der Waals surface area contributed by atoms with E-state index in [0.717, 1.165) is 17.3 Å². The second-order valence-corrected chi connectivity index (χ2v) is 5.06. The summed E-state index contributed by atoms with van der Waals surface area (Å²) in [6.45, 7) is 7.41. The Bertz CT molecular complexity index is 158. The second-order valence-electron chi connectivity index (χ2n) is 5.06. The standard InChI is InChI=1S/C11H21N/c1-9-7-10(2)11(8-9)3-5-12-6-4-11/h9-10,12H,3-8H2,1-2H3. The van der Waals surface area contributed by atoms with Crippen LogP contribution < -0.4 is 5.32 Å². The first-order chi connectivity index (χ1) is 5.73. The molecule has 0 bridgehead atoms. The maximum Gasteiger partial charge on any atom is -0.00435 e. The van der Waals surface area contributed by atoms with Crippen molar-refractivity contribution in [2.45, 2.75) is 39.5 Å². The van der Waals surface area contributed by atoms with Crippen molar-refractivity contribution in [3.63, 3.8) is 0 Å². The summed E-state index contributed by atoms with van der Waals surface area (Å²) < 4.78 is 0. The maximum atomic E-state index is 3.47. The minimum atomic E-state index is 0.741. The van der Waals surface area contributed by atoms with Gasteiger partial charge in [0, 0.05) is 0 Å². The van der Waals surface area contributed by atoms with E-state index in [2.05, 4.69) is 19.2 Å². The molecule has 2 rings (SSSR count). The molecule has 0 aromatic rings. The van der Waals surface area contributed by atoms with Crippen LogP contribution in [-0.2, 0) is 0 Å². The molecule has 2 aliphatic rings. The van der Waals surface area contributed by atoms with Crippen molar-refractivity contribution in [3.05, 3.63) is 0 Å². The first-order valence-electron chi connectivity index (χ1n) is 5.44. The zero-order chi connectivity index (χ0) is 8.60. The van der Waals surface area contributed by atoms with Crippen LogP contribution >= 0.6 is 0 Å². The van der Waals surface area contributed by atoms with Crippen molar-refractivity contribution >= 4 is 0 Å². The van der Waals surface area contributed by atoms with E-state index in [4.69, 9.17) is 0 Å². The molecule has 2 atom stereocenters. The molecule has 0 amide bonds. The molecule has 1 saturated heterocycles. The predicted octanol–water partition coefficient (Wildman–Crippen LogP) is 2.42. The number of hydrogen-bond donors (Lipinski definition) is 1.